The van der Waals surface area contributed by atoms with Crippen molar-refractivity contribution in [2.75, 3.05) is 4.72 Å². The van der Waals surface area contributed by atoms with Crippen molar-refractivity contribution in [3.63, 3.8) is 0 Å². The summed E-state index contributed by atoms with van der Waals surface area (Å²) in [6.45, 7) is 0. The van der Waals surface area contributed by atoms with Crippen LogP contribution in [-0.2, 0) is 10.0 Å². The summed E-state index contributed by atoms with van der Waals surface area (Å²) in [5, 5.41) is 0. The minimum absolute atomic E-state index is 0.216. The quantitative estimate of drug-likeness (QED) is 0.650. The molecule has 0 aliphatic carbocycles. The lowest BCUT2D eigenvalue weighted by Gasteiger charge is -2.09. The first-order valence-corrected chi connectivity index (χ1v) is 9.77. The fourth-order valence-electron chi connectivity index (χ4n) is 2.20. The lowest BCUT2D eigenvalue weighted by molar-refractivity contribution is 0.601. The van der Waals surface area contributed by atoms with Crippen LogP contribution in [0.1, 0.15) is 11.1 Å². The van der Waals surface area contributed by atoms with E-state index >= 15 is 0 Å². The number of nitrogens with zero attached hydrogens (tertiary/aromatic N) is 1. The lowest BCUT2D eigenvalue weighted by Crippen LogP contribution is -2.12. The maximum Gasteiger partial charge on any atom is 0.261 e. The van der Waals surface area contributed by atoms with E-state index in [2.05, 4.69) is 25.6 Å². The van der Waals surface area contributed by atoms with Gasteiger partial charge in [0.05, 0.1) is 4.90 Å². The van der Waals surface area contributed by atoms with E-state index in [1.807, 2.05) is 36.4 Å². The van der Waals surface area contributed by atoms with Gasteiger partial charge in [-0.15, -0.1) is 0 Å². The number of sulfonamides is 1. The normalized spacial score (nSPS) is 11.6. The molecule has 3 rings (SSSR count). The predicted molar refractivity (Wildman–Crippen MR) is 105 cm³/mol. The van der Waals surface area contributed by atoms with Gasteiger partial charge in [0.1, 0.15) is 0 Å². The molecular weight excluding hydrogens is 400 g/mol. The minimum atomic E-state index is -3.62. The Bertz CT molecular complexity index is 985. The van der Waals surface area contributed by atoms with Crippen LogP contribution < -0.4 is 4.72 Å². The molecule has 126 valence electrons. The van der Waals surface area contributed by atoms with Crippen molar-refractivity contribution in [3.05, 3.63) is 88.7 Å². The molecule has 0 spiro atoms. The summed E-state index contributed by atoms with van der Waals surface area (Å²) in [6, 6.07) is 17.5. The van der Waals surface area contributed by atoms with Gasteiger partial charge in [-0.2, -0.15) is 0 Å². The summed E-state index contributed by atoms with van der Waals surface area (Å²) >= 11 is 3.30. The Hall–Kier alpha value is -2.44. The van der Waals surface area contributed by atoms with E-state index in [-0.39, 0.29) is 4.90 Å². The summed E-state index contributed by atoms with van der Waals surface area (Å²) < 4.78 is 28.3. The monoisotopic (exact) mass is 414 g/mol. The summed E-state index contributed by atoms with van der Waals surface area (Å²) in [5.74, 6) is 0. The van der Waals surface area contributed by atoms with E-state index in [1.54, 1.807) is 48.8 Å². The van der Waals surface area contributed by atoms with Crippen LogP contribution in [0.15, 0.2) is 82.4 Å². The highest BCUT2D eigenvalue weighted by Gasteiger charge is 2.13. The number of halogens is 1. The van der Waals surface area contributed by atoms with E-state index in [0.29, 0.717) is 5.69 Å². The van der Waals surface area contributed by atoms with Crippen LogP contribution >= 0.6 is 15.9 Å². The Balaban J connectivity index is 1.79. The molecular formula is C19H15BrN2O2S. The molecule has 0 amide bonds. The Labute approximate surface area is 155 Å². The predicted octanol–water partition coefficient (Wildman–Crippen LogP) is 4.82. The average molecular weight is 415 g/mol. The van der Waals surface area contributed by atoms with Crippen LogP contribution in [-0.4, -0.2) is 13.4 Å². The molecule has 25 heavy (non-hydrogen) atoms. The minimum Gasteiger partial charge on any atom is -0.280 e. The standard InChI is InChI=1S/C19H15BrN2O2S/c20-17-6-8-19(9-7-17)25(23,24)22-18-3-1-2-16(14-18)5-4-15-10-12-21-13-11-15/h1-14,22H. The van der Waals surface area contributed by atoms with Crippen molar-refractivity contribution in [2.45, 2.75) is 4.90 Å². The van der Waals surface area contributed by atoms with Gasteiger partial charge >= 0.3 is 0 Å². The summed E-state index contributed by atoms with van der Waals surface area (Å²) in [7, 11) is -3.62. The highest BCUT2D eigenvalue weighted by atomic mass is 79.9. The van der Waals surface area contributed by atoms with Gasteiger partial charge in [-0.1, -0.05) is 40.2 Å². The van der Waals surface area contributed by atoms with Crippen LogP contribution in [0.4, 0.5) is 5.69 Å². The number of nitrogens with one attached hydrogen (secondary N) is 1. The zero-order chi connectivity index (χ0) is 17.7. The molecule has 0 saturated carbocycles. The SMILES string of the molecule is O=S(=O)(Nc1cccc(C=Cc2ccncc2)c1)c1ccc(Br)cc1. The van der Waals surface area contributed by atoms with Gasteiger partial charge in [-0.05, 0) is 59.7 Å². The molecule has 1 heterocycles. The van der Waals surface area contributed by atoms with Crippen molar-refractivity contribution in [1.82, 2.24) is 4.98 Å². The van der Waals surface area contributed by atoms with Crippen LogP contribution in [0.5, 0.6) is 0 Å². The Morgan fingerprint density at radius 1 is 0.880 bits per heavy atom. The van der Waals surface area contributed by atoms with Crippen molar-refractivity contribution < 1.29 is 8.42 Å². The molecule has 0 radical (unpaired) electrons. The lowest BCUT2D eigenvalue weighted by atomic mass is 10.1. The smallest absolute Gasteiger partial charge is 0.261 e. The maximum absolute atomic E-state index is 12.5. The van der Waals surface area contributed by atoms with Gasteiger partial charge in [0.15, 0.2) is 0 Å². The van der Waals surface area contributed by atoms with Crippen LogP contribution in [0.2, 0.25) is 0 Å². The highest BCUT2D eigenvalue weighted by Crippen LogP contribution is 2.20. The molecule has 0 bridgehead atoms. The number of anilines is 1. The summed E-state index contributed by atoms with van der Waals surface area (Å²) in [6.07, 6.45) is 7.32. The largest absolute Gasteiger partial charge is 0.280 e. The third-order valence-electron chi connectivity index (χ3n) is 3.44. The second kappa shape index (κ2) is 7.63. The summed E-state index contributed by atoms with van der Waals surface area (Å²) in [5.41, 5.74) is 2.43. The van der Waals surface area contributed by atoms with Gasteiger partial charge in [0, 0.05) is 22.6 Å². The molecule has 2 aromatic carbocycles. The molecule has 0 saturated heterocycles. The molecule has 0 fully saturated rings. The number of rotatable bonds is 5. The molecule has 0 atom stereocenters. The Kier molecular flexibility index (Phi) is 5.31. The fourth-order valence-corrected chi connectivity index (χ4v) is 3.51. The number of hydrogen-bond acceptors (Lipinski definition) is 3. The Morgan fingerprint density at radius 2 is 1.56 bits per heavy atom. The van der Waals surface area contributed by atoms with Crippen molar-refractivity contribution in [2.24, 2.45) is 0 Å². The first-order valence-electron chi connectivity index (χ1n) is 7.49. The maximum atomic E-state index is 12.5. The van der Waals surface area contributed by atoms with Crippen molar-refractivity contribution in [1.29, 1.82) is 0 Å². The topological polar surface area (TPSA) is 59.1 Å². The zero-order valence-corrected chi connectivity index (χ0v) is 15.5. The van der Waals surface area contributed by atoms with Gasteiger partial charge in [-0.3, -0.25) is 9.71 Å². The van der Waals surface area contributed by atoms with Crippen LogP contribution in [0.25, 0.3) is 12.2 Å². The molecule has 1 N–H and O–H groups in total. The molecule has 6 heteroatoms. The van der Waals surface area contributed by atoms with Gasteiger partial charge < -0.3 is 0 Å². The van der Waals surface area contributed by atoms with Crippen LogP contribution in [0.3, 0.4) is 0 Å². The van der Waals surface area contributed by atoms with Gasteiger partial charge in [0.25, 0.3) is 10.0 Å². The number of benzene rings is 2. The highest BCUT2D eigenvalue weighted by molar-refractivity contribution is 9.10. The van der Waals surface area contributed by atoms with Crippen molar-refractivity contribution >= 4 is 43.8 Å². The first kappa shape index (κ1) is 17.4. The molecule has 3 aromatic rings. The number of hydrogen-bond donors (Lipinski definition) is 1. The zero-order valence-electron chi connectivity index (χ0n) is 13.1. The van der Waals surface area contributed by atoms with Crippen molar-refractivity contribution in [3.8, 4) is 0 Å². The second-order valence-corrected chi connectivity index (χ2v) is 7.90. The number of pyridine rings is 1. The van der Waals surface area contributed by atoms with Gasteiger partial charge in [0.2, 0.25) is 0 Å². The average Bonchev–Trinajstić information content (AvgIpc) is 2.61. The second-order valence-electron chi connectivity index (χ2n) is 5.30. The van der Waals surface area contributed by atoms with E-state index in [1.165, 1.54) is 0 Å². The molecule has 0 aliphatic heterocycles. The van der Waals surface area contributed by atoms with E-state index in [9.17, 15) is 8.42 Å². The molecule has 0 unspecified atom stereocenters. The third-order valence-corrected chi connectivity index (χ3v) is 5.36. The van der Waals surface area contributed by atoms with E-state index in [4.69, 9.17) is 0 Å². The summed E-state index contributed by atoms with van der Waals surface area (Å²) in [4.78, 5) is 4.19. The van der Waals surface area contributed by atoms with Crippen LogP contribution in [0, 0.1) is 0 Å². The third kappa shape index (κ3) is 4.78. The van der Waals surface area contributed by atoms with Gasteiger partial charge in [-0.25, -0.2) is 8.42 Å². The van der Waals surface area contributed by atoms with E-state index in [0.717, 1.165) is 15.6 Å². The first-order chi connectivity index (χ1) is 12.0. The fraction of sp³-hybridized carbons (Fsp3) is 0. The Morgan fingerprint density at radius 3 is 2.28 bits per heavy atom. The molecule has 0 aliphatic rings. The number of aromatic nitrogens is 1. The van der Waals surface area contributed by atoms with E-state index < -0.39 is 10.0 Å². The molecule has 4 nitrogen and oxygen atoms in total. The molecule has 1 aromatic heterocycles.